The number of aromatic nitrogens is 1. The van der Waals surface area contributed by atoms with Crippen LogP contribution in [0.25, 0.3) is 10.9 Å². The number of hydrogen-bond acceptors (Lipinski definition) is 1. The summed E-state index contributed by atoms with van der Waals surface area (Å²) in [4.78, 5) is 11.6. The van der Waals surface area contributed by atoms with Gasteiger partial charge in [-0.05, 0) is 18.2 Å². The summed E-state index contributed by atoms with van der Waals surface area (Å²) in [6.45, 7) is 0.260. The molecule has 74 valence electrons. The average molecular weight is 218 g/mol. The van der Waals surface area contributed by atoms with Crippen LogP contribution in [0.3, 0.4) is 0 Å². The van der Waals surface area contributed by atoms with Gasteiger partial charge in [-0.3, -0.25) is 9.36 Å². The van der Waals surface area contributed by atoms with Crippen LogP contribution in [0.15, 0.2) is 35.1 Å². The van der Waals surface area contributed by atoms with E-state index >= 15 is 0 Å². The van der Waals surface area contributed by atoms with Crippen molar-refractivity contribution in [2.75, 3.05) is 0 Å². The van der Waals surface area contributed by atoms with Crippen molar-refractivity contribution in [2.45, 2.75) is 6.54 Å². The first-order valence-corrected chi connectivity index (χ1v) is 4.83. The molecule has 0 aliphatic carbocycles. The van der Waals surface area contributed by atoms with Gasteiger partial charge in [0.25, 0.3) is 5.56 Å². The number of halogens is 1. The highest BCUT2D eigenvalue weighted by Crippen LogP contribution is 2.21. The number of fused-ring (bicyclic) bond motifs is 1. The summed E-state index contributed by atoms with van der Waals surface area (Å²) in [5.74, 6) is 2.46. The van der Waals surface area contributed by atoms with Crippen LogP contribution >= 0.6 is 11.6 Å². The summed E-state index contributed by atoms with van der Waals surface area (Å²) >= 11 is 6.01. The third kappa shape index (κ3) is 1.62. The maximum Gasteiger partial charge on any atom is 0.251 e. The van der Waals surface area contributed by atoms with Gasteiger partial charge in [0.2, 0.25) is 0 Å². The molecule has 0 radical (unpaired) electrons. The Hall–Kier alpha value is -1.72. The number of nitrogens with zero attached hydrogens (tertiary/aromatic N) is 1. The van der Waals surface area contributed by atoms with Gasteiger partial charge in [-0.1, -0.05) is 23.6 Å². The van der Waals surface area contributed by atoms with E-state index in [1.165, 1.54) is 10.6 Å². The summed E-state index contributed by atoms with van der Waals surface area (Å²) in [6, 6.07) is 8.62. The minimum atomic E-state index is -0.109. The molecule has 0 amide bonds. The van der Waals surface area contributed by atoms with Gasteiger partial charge >= 0.3 is 0 Å². The maximum atomic E-state index is 11.6. The molecule has 0 spiro atoms. The van der Waals surface area contributed by atoms with Crippen molar-refractivity contribution < 1.29 is 0 Å². The highest BCUT2D eigenvalue weighted by Gasteiger charge is 2.03. The Kier molecular flexibility index (Phi) is 2.49. The largest absolute Gasteiger partial charge is 0.297 e. The van der Waals surface area contributed by atoms with Crippen LogP contribution in [0.4, 0.5) is 0 Å². The second-order valence-electron chi connectivity index (χ2n) is 3.13. The third-order valence-electron chi connectivity index (χ3n) is 2.23. The Morgan fingerprint density at radius 3 is 2.87 bits per heavy atom. The molecular formula is C12H8ClNO. The van der Waals surface area contributed by atoms with Gasteiger partial charge in [0.1, 0.15) is 0 Å². The van der Waals surface area contributed by atoms with Gasteiger partial charge in [0, 0.05) is 16.5 Å². The molecule has 3 heteroatoms. The van der Waals surface area contributed by atoms with Crippen molar-refractivity contribution in [2.24, 2.45) is 0 Å². The predicted molar refractivity (Wildman–Crippen MR) is 62.1 cm³/mol. The highest BCUT2D eigenvalue weighted by atomic mass is 35.5. The van der Waals surface area contributed by atoms with Crippen molar-refractivity contribution in [1.29, 1.82) is 0 Å². The first kappa shape index (κ1) is 9.82. The van der Waals surface area contributed by atoms with E-state index in [0.29, 0.717) is 5.02 Å². The number of hydrogen-bond donors (Lipinski definition) is 0. The van der Waals surface area contributed by atoms with Crippen LogP contribution in [0.2, 0.25) is 5.02 Å². The molecule has 2 aromatic rings. The van der Waals surface area contributed by atoms with E-state index < -0.39 is 0 Å². The fourth-order valence-electron chi connectivity index (χ4n) is 1.54. The summed E-state index contributed by atoms with van der Waals surface area (Å²) < 4.78 is 1.53. The monoisotopic (exact) mass is 217 g/mol. The molecule has 0 bridgehead atoms. The number of pyridine rings is 1. The van der Waals surface area contributed by atoms with Crippen molar-refractivity contribution in [3.8, 4) is 12.3 Å². The van der Waals surface area contributed by atoms with E-state index in [0.717, 1.165) is 10.9 Å². The molecule has 0 atom stereocenters. The first-order valence-electron chi connectivity index (χ1n) is 4.45. The Morgan fingerprint density at radius 1 is 1.33 bits per heavy atom. The summed E-state index contributed by atoms with van der Waals surface area (Å²) in [6.07, 6.45) is 5.22. The fraction of sp³-hybridized carbons (Fsp3) is 0.0833. The van der Waals surface area contributed by atoms with E-state index in [1.807, 2.05) is 6.07 Å². The molecular weight excluding hydrogens is 210 g/mol. The molecule has 0 N–H and O–H groups in total. The van der Waals surface area contributed by atoms with Crippen LogP contribution in [0, 0.1) is 12.3 Å². The fourth-order valence-corrected chi connectivity index (χ4v) is 1.78. The minimum Gasteiger partial charge on any atom is -0.297 e. The molecule has 2 rings (SSSR count). The van der Waals surface area contributed by atoms with Gasteiger partial charge in [-0.2, -0.15) is 0 Å². The lowest BCUT2D eigenvalue weighted by molar-refractivity contribution is 0.836. The zero-order valence-electron chi connectivity index (χ0n) is 7.90. The summed E-state index contributed by atoms with van der Waals surface area (Å²) in [5.41, 5.74) is 0.663. The van der Waals surface area contributed by atoms with Gasteiger partial charge < -0.3 is 0 Å². The summed E-state index contributed by atoms with van der Waals surface area (Å²) in [5, 5.41) is 1.47. The lowest BCUT2D eigenvalue weighted by atomic mass is 10.2. The molecule has 2 nitrogen and oxygen atoms in total. The molecule has 1 aromatic heterocycles. The maximum absolute atomic E-state index is 11.6. The smallest absolute Gasteiger partial charge is 0.251 e. The average Bonchev–Trinajstić information content (AvgIpc) is 2.23. The normalized spacial score (nSPS) is 10.1. The van der Waals surface area contributed by atoms with Crippen LogP contribution < -0.4 is 5.56 Å². The third-order valence-corrected chi connectivity index (χ3v) is 2.56. The second-order valence-corrected chi connectivity index (χ2v) is 3.54. The van der Waals surface area contributed by atoms with Crippen molar-refractivity contribution >= 4 is 22.5 Å². The zero-order chi connectivity index (χ0) is 10.8. The molecule has 0 aliphatic rings. The van der Waals surface area contributed by atoms with E-state index in [2.05, 4.69) is 5.92 Å². The quantitative estimate of drug-likeness (QED) is 0.672. The number of benzene rings is 1. The Balaban J connectivity index is 2.89. The zero-order valence-corrected chi connectivity index (χ0v) is 8.66. The Bertz CT molecular complexity index is 607. The number of rotatable bonds is 1. The van der Waals surface area contributed by atoms with Crippen LogP contribution in [-0.2, 0) is 6.54 Å². The standard InChI is InChI=1S/C12H8ClNO/c1-2-8-14-11-5-3-4-10(13)9(11)6-7-12(14)15/h1,3-7H,8H2. The molecule has 1 heterocycles. The molecule has 0 aliphatic heterocycles. The van der Waals surface area contributed by atoms with Crippen molar-refractivity contribution in [3.05, 3.63) is 45.7 Å². The molecule has 1 aromatic carbocycles. The van der Waals surface area contributed by atoms with E-state index in [-0.39, 0.29) is 12.1 Å². The highest BCUT2D eigenvalue weighted by molar-refractivity contribution is 6.35. The Morgan fingerprint density at radius 2 is 2.13 bits per heavy atom. The van der Waals surface area contributed by atoms with Gasteiger partial charge in [-0.25, -0.2) is 0 Å². The van der Waals surface area contributed by atoms with Crippen LogP contribution in [-0.4, -0.2) is 4.57 Å². The van der Waals surface area contributed by atoms with Crippen molar-refractivity contribution in [1.82, 2.24) is 4.57 Å². The van der Waals surface area contributed by atoms with Crippen LogP contribution in [0.1, 0.15) is 0 Å². The molecule has 15 heavy (non-hydrogen) atoms. The lowest BCUT2D eigenvalue weighted by Gasteiger charge is -2.07. The topological polar surface area (TPSA) is 22.0 Å². The van der Waals surface area contributed by atoms with E-state index in [9.17, 15) is 4.79 Å². The summed E-state index contributed by atoms with van der Waals surface area (Å²) in [7, 11) is 0. The minimum absolute atomic E-state index is 0.109. The Labute approximate surface area is 92.1 Å². The molecule has 0 saturated heterocycles. The molecule has 0 saturated carbocycles. The van der Waals surface area contributed by atoms with Crippen LogP contribution in [0.5, 0.6) is 0 Å². The first-order chi connectivity index (χ1) is 7.24. The van der Waals surface area contributed by atoms with Gasteiger partial charge in [0.05, 0.1) is 12.1 Å². The van der Waals surface area contributed by atoms with Gasteiger partial charge in [-0.15, -0.1) is 6.42 Å². The second kappa shape index (κ2) is 3.80. The molecule has 0 unspecified atom stereocenters. The predicted octanol–water partition coefficient (Wildman–Crippen LogP) is 2.29. The van der Waals surface area contributed by atoms with E-state index in [1.54, 1.807) is 18.2 Å². The van der Waals surface area contributed by atoms with Gasteiger partial charge in [0.15, 0.2) is 0 Å². The number of terminal acetylenes is 1. The van der Waals surface area contributed by atoms with Crippen molar-refractivity contribution in [3.63, 3.8) is 0 Å². The lowest BCUT2D eigenvalue weighted by Crippen LogP contribution is -2.18. The molecule has 0 fully saturated rings. The van der Waals surface area contributed by atoms with E-state index in [4.69, 9.17) is 18.0 Å². The SMILES string of the molecule is C#CCn1c(=O)ccc2c(Cl)cccc21.